The van der Waals surface area contributed by atoms with Gasteiger partial charge in [-0.2, -0.15) is 0 Å². The number of carbonyl (C=O) groups excluding carboxylic acids is 1. The van der Waals surface area contributed by atoms with Crippen molar-refractivity contribution in [3.63, 3.8) is 0 Å². The van der Waals surface area contributed by atoms with Crippen molar-refractivity contribution in [1.82, 2.24) is 0 Å². The molecule has 0 saturated carbocycles. The summed E-state index contributed by atoms with van der Waals surface area (Å²) in [5.74, 6) is 0.138. The summed E-state index contributed by atoms with van der Waals surface area (Å²) in [4.78, 5) is 12.5. The molecule has 0 amide bonds. The van der Waals surface area contributed by atoms with Gasteiger partial charge in [-0.3, -0.25) is 4.79 Å². The predicted octanol–water partition coefficient (Wildman–Crippen LogP) is 5.28. The summed E-state index contributed by atoms with van der Waals surface area (Å²) in [5.41, 5.74) is 2.05. The van der Waals surface area contributed by atoms with E-state index in [-0.39, 0.29) is 5.78 Å². The summed E-state index contributed by atoms with van der Waals surface area (Å²) in [5, 5.41) is 2.03. The summed E-state index contributed by atoms with van der Waals surface area (Å²) >= 11 is 11.8. The Morgan fingerprint density at radius 2 is 1.70 bits per heavy atom. The highest BCUT2D eigenvalue weighted by atomic mass is 35.5. The van der Waals surface area contributed by atoms with Crippen molar-refractivity contribution in [1.29, 1.82) is 0 Å². The molecule has 0 aliphatic heterocycles. The largest absolute Gasteiger partial charge is 0.453 e. The molecule has 0 fully saturated rings. The first-order valence-electron chi connectivity index (χ1n) is 6.04. The van der Waals surface area contributed by atoms with Crippen molar-refractivity contribution >= 4 is 40.0 Å². The zero-order valence-electron chi connectivity index (χ0n) is 10.6. The third kappa shape index (κ3) is 2.33. The minimum atomic E-state index is -0.161. The van der Waals surface area contributed by atoms with Gasteiger partial charge in [-0.15, -0.1) is 0 Å². The van der Waals surface area contributed by atoms with Crippen LogP contribution in [0.15, 0.2) is 46.9 Å². The van der Waals surface area contributed by atoms with Crippen molar-refractivity contribution in [2.24, 2.45) is 0 Å². The van der Waals surface area contributed by atoms with Gasteiger partial charge >= 0.3 is 0 Å². The molecule has 3 aromatic rings. The van der Waals surface area contributed by atoms with E-state index in [4.69, 9.17) is 27.6 Å². The van der Waals surface area contributed by atoms with Crippen LogP contribution in [0.3, 0.4) is 0 Å². The molecule has 2 aromatic carbocycles. The standard InChI is InChI=1S/C16H10Cl2O2/c1-9-6-11(17)2-4-13(9)16(19)15-8-10-7-12(18)3-5-14(10)20-15/h2-8H,1H3. The van der Waals surface area contributed by atoms with Crippen LogP contribution in [0.5, 0.6) is 0 Å². The van der Waals surface area contributed by atoms with Crippen molar-refractivity contribution < 1.29 is 9.21 Å². The second-order valence-electron chi connectivity index (χ2n) is 4.58. The van der Waals surface area contributed by atoms with E-state index in [1.807, 2.05) is 6.92 Å². The van der Waals surface area contributed by atoms with Crippen molar-refractivity contribution in [3.05, 3.63) is 69.4 Å². The van der Waals surface area contributed by atoms with E-state index in [1.54, 1.807) is 42.5 Å². The lowest BCUT2D eigenvalue weighted by molar-refractivity contribution is 0.101. The SMILES string of the molecule is Cc1cc(Cl)ccc1C(=O)c1cc2cc(Cl)ccc2o1. The molecule has 100 valence electrons. The van der Waals surface area contributed by atoms with Gasteiger partial charge in [0.1, 0.15) is 5.58 Å². The monoisotopic (exact) mass is 304 g/mol. The molecule has 1 aromatic heterocycles. The number of halogens is 2. The fraction of sp³-hybridized carbons (Fsp3) is 0.0625. The molecule has 0 bridgehead atoms. The van der Waals surface area contributed by atoms with Gasteiger partial charge < -0.3 is 4.42 Å². The molecule has 0 N–H and O–H groups in total. The normalized spacial score (nSPS) is 10.9. The van der Waals surface area contributed by atoms with E-state index in [9.17, 15) is 4.79 Å². The van der Waals surface area contributed by atoms with Crippen LogP contribution in [0, 0.1) is 6.92 Å². The average molecular weight is 305 g/mol. The number of benzene rings is 2. The fourth-order valence-corrected chi connectivity index (χ4v) is 2.55. The lowest BCUT2D eigenvalue weighted by Gasteiger charge is -2.02. The van der Waals surface area contributed by atoms with Gasteiger partial charge in [0.15, 0.2) is 5.76 Å². The predicted molar refractivity (Wildman–Crippen MR) is 80.8 cm³/mol. The molecule has 0 spiro atoms. The van der Waals surface area contributed by atoms with Gasteiger partial charge in [0.05, 0.1) is 0 Å². The third-order valence-electron chi connectivity index (χ3n) is 3.14. The van der Waals surface area contributed by atoms with Gasteiger partial charge in [0.25, 0.3) is 0 Å². The Labute approximate surface area is 125 Å². The van der Waals surface area contributed by atoms with Crippen LogP contribution in [0.2, 0.25) is 10.0 Å². The van der Waals surface area contributed by atoms with Crippen molar-refractivity contribution in [3.8, 4) is 0 Å². The summed E-state index contributed by atoms with van der Waals surface area (Å²) in [6.45, 7) is 1.85. The first kappa shape index (κ1) is 13.2. The molecule has 4 heteroatoms. The molecule has 0 aliphatic rings. The van der Waals surface area contributed by atoms with Crippen LogP contribution < -0.4 is 0 Å². The highest BCUT2D eigenvalue weighted by Crippen LogP contribution is 2.26. The number of furan rings is 1. The quantitative estimate of drug-likeness (QED) is 0.603. The van der Waals surface area contributed by atoms with E-state index < -0.39 is 0 Å². The van der Waals surface area contributed by atoms with Crippen molar-refractivity contribution in [2.75, 3.05) is 0 Å². The fourth-order valence-electron chi connectivity index (χ4n) is 2.14. The number of carbonyl (C=O) groups is 1. The first-order valence-corrected chi connectivity index (χ1v) is 6.80. The Bertz CT molecular complexity index is 818. The van der Waals surface area contributed by atoms with Crippen LogP contribution in [0.1, 0.15) is 21.7 Å². The first-order chi connectivity index (χ1) is 9.54. The van der Waals surface area contributed by atoms with E-state index in [0.717, 1.165) is 10.9 Å². The maximum atomic E-state index is 12.5. The lowest BCUT2D eigenvalue weighted by atomic mass is 10.0. The second kappa shape index (κ2) is 4.97. The molecule has 1 heterocycles. The molecule has 20 heavy (non-hydrogen) atoms. The number of hydrogen-bond acceptors (Lipinski definition) is 2. The summed E-state index contributed by atoms with van der Waals surface area (Å²) in [6, 6.07) is 12.1. The van der Waals surface area contributed by atoms with Crippen LogP contribution >= 0.6 is 23.2 Å². The molecule has 0 atom stereocenters. The minimum Gasteiger partial charge on any atom is -0.453 e. The van der Waals surface area contributed by atoms with Gasteiger partial charge in [0, 0.05) is 21.0 Å². The van der Waals surface area contributed by atoms with E-state index >= 15 is 0 Å². The van der Waals surface area contributed by atoms with Gasteiger partial charge in [-0.25, -0.2) is 0 Å². The highest BCUT2D eigenvalue weighted by Gasteiger charge is 2.16. The molecule has 0 saturated heterocycles. The average Bonchev–Trinajstić information content (AvgIpc) is 2.81. The van der Waals surface area contributed by atoms with Crippen LogP contribution in [-0.2, 0) is 0 Å². The highest BCUT2D eigenvalue weighted by molar-refractivity contribution is 6.31. The Balaban J connectivity index is 2.08. The van der Waals surface area contributed by atoms with Gasteiger partial charge in [0.2, 0.25) is 5.78 Å². The minimum absolute atomic E-state index is 0.161. The molecule has 0 unspecified atom stereocenters. The molecule has 2 nitrogen and oxygen atoms in total. The van der Waals surface area contributed by atoms with Crippen LogP contribution in [0.4, 0.5) is 0 Å². The Morgan fingerprint density at radius 1 is 1.00 bits per heavy atom. The summed E-state index contributed by atoms with van der Waals surface area (Å²) in [6.07, 6.45) is 0. The third-order valence-corrected chi connectivity index (χ3v) is 3.61. The molecule has 3 rings (SSSR count). The number of fused-ring (bicyclic) bond motifs is 1. The lowest BCUT2D eigenvalue weighted by Crippen LogP contribution is -2.01. The Hall–Kier alpha value is -1.77. The number of ketones is 1. The van der Waals surface area contributed by atoms with E-state index in [0.29, 0.717) is 27.0 Å². The summed E-state index contributed by atoms with van der Waals surface area (Å²) in [7, 11) is 0. The number of rotatable bonds is 2. The zero-order valence-corrected chi connectivity index (χ0v) is 12.1. The smallest absolute Gasteiger partial charge is 0.228 e. The summed E-state index contributed by atoms with van der Waals surface area (Å²) < 4.78 is 5.58. The van der Waals surface area contributed by atoms with E-state index in [2.05, 4.69) is 0 Å². The van der Waals surface area contributed by atoms with Gasteiger partial charge in [-0.05, 0) is 55.0 Å². The van der Waals surface area contributed by atoms with Crippen LogP contribution in [-0.4, -0.2) is 5.78 Å². The number of hydrogen-bond donors (Lipinski definition) is 0. The van der Waals surface area contributed by atoms with E-state index in [1.165, 1.54) is 0 Å². The zero-order chi connectivity index (χ0) is 14.3. The molecular weight excluding hydrogens is 295 g/mol. The second-order valence-corrected chi connectivity index (χ2v) is 5.45. The van der Waals surface area contributed by atoms with Crippen LogP contribution in [0.25, 0.3) is 11.0 Å². The molecular formula is C16H10Cl2O2. The topological polar surface area (TPSA) is 30.2 Å². The maximum Gasteiger partial charge on any atom is 0.228 e. The van der Waals surface area contributed by atoms with Gasteiger partial charge in [-0.1, -0.05) is 23.2 Å². The van der Waals surface area contributed by atoms with Crippen molar-refractivity contribution in [2.45, 2.75) is 6.92 Å². The molecule has 0 radical (unpaired) electrons. The number of aryl methyl sites for hydroxylation is 1. The maximum absolute atomic E-state index is 12.5. The Kier molecular flexibility index (Phi) is 3.28. The Morgan fingerprint density at radius 3 is 2.45 bits per heavy atom. The molecule has 0 aliphatic carbocycles.